The highest BCUT2D eigenvalue weighted by Crippen LogP contribution is 2.38. The highest BCUT2D eigenvalue weighted by atomic mass is 15.0. The van der Waals surface area contributed by atoms with Gasteiger partial charge >= 0.3 is 0 Å². The van der Waals surface area contributed by atoms with E-state index in [0.717, 1.165) is 33.5 Å². The average molecular weight is 651 g/mol. The second-order valence-electron chi connectivity index (χ2n) is 12.9. The number of benzene rings is 8. The van der Waals surface area contributed by atoms with Crippen LogP contribution in [0.1, 0.15) is 0 Å². The monoisotopic (exact) mass is 650 g/mol. The largest absolute Gasteiger partial charge is 0.309 e. The van der Waals surface area contributed by atoms with Gasteiger partial charge in [0.05, 0.1) is 11.0 Å². The minimum atomic E-state index is 0.642. The van der Waals surface area contributed by atoms with Crippen LogP contribution in [0.2, 0.25) is 0 Å². The summed E-state index contributed by atoms with van der Waals surface area (Å²) < 4.78 is 2.41. The predicted octanol–water partition coefficient (Wildman–Crippen LogP) is 11.9. The van der Waals surface area contributed by atoms with Crippen molar-refractivity contribution in [2.24, 2.45) is 0 Å². The molecule has 0 spiro atoms. The summed E-state index contributed by atoms with van der Waals surface area (Å²) in [5, 5.41) is 7.45. The van der Waals surface area contributed by atoms with Crippen molar-refractivity contribution in [3.05, 3.63) is 182 Å². The third-order valence-corrected chi connectivity index (χ3v) is 9.80. The second-order valence-corrected chi connectivity index (χ2v) is 12.9. The summed E-state index contributed by atoms with van der Waals surface area (Å²) in [7, 11) is 0. The van der Waals surface area contributed by atoms with Gasteiger partial charge in [0, 0.05) is 33.2 Å². The highest BCUT2D eigenvalue weighted by Gasteiger charge is 2.17. The minimum absolute atomic E-state index is 0.642. The molecule has 0 saturated heterocycles. The summed E-state index contributed by atoms with van der Waals surface area (Å²) in [5.41, 5.74) is 8.51. The fourth-order valence-corrected chi connectivity index (χ4v) is 7.31. The van der Waals surface area contributed by atoms with E-state index in [0.29, 0.717) is 17.5 Å². The quantitative estimate of drug-likeness (QED) is 0.186. The molecule has 0 amide bonds. The third kappa shape index (κ3) is 5.04. The van der Waals surface area contributed by atoms with Crippen LogP contribution in [-0.4, -0.2) is 19.5 Å². The molecule has 10 aromatic rings. The Balaban J connectivity index is 1.13. The number of rotatable bonds is 5. The Kier molecular flexibility index (Phi) is 6.78. The lowest BCUT2D eigenvalue weighted by Gasteiger charge is -2.13. The zero-order valence-electron chi connectivity index (χ0n) is 27.6. The Morgan fingerprint density at radius 2 is 0.725 bits per heavy atom. The zero-order valence-corrected chi connectivity index (χ0v) is 27.6. The number of fused-ring (bicyclic) bond motifs is 5. The van der Waals surface area contributed by atoms with Crippen molar-refractivity contribution in [1.29, 1.82) is 0 Å². The maximum atomic E-state index is 5.04. The average Bonchev–Trinajstić information content (AvgIpc) is 3.51. The van der Waals surface area contributed by atoms with E-state index >= 15 is 0 Å². The highest BCUT2D eigenvalue weighted by molar-refractivity contribution is 6.16. The molecule has 4 heteroatoms. The van der Waals surface area contributed by atoms with E-state index in [1.54, 1.807) is 0 Å². The molecule has 238 valence electrons. The Morgan fingerprint density at radius 1 is 0.314 bits per heavy atom. The third-order valence-electron chi connectivity index (χ3n) is 9.80. The molecule has 0 bridgehead atoms. The van der Waals surface area contributed by atoms with E-state index in [2.05, 4.69) is 120 Å². The lowest BCUT2D eigenvalue weighted by molar-refractivity contribution is 1.07. The van der Waals surface area contributed by atoms with E-state index < -0.39 is 0 Å². The van der Waals surface area contributed by atoms with Crippen molar-refractivity contribution in [2.45, 2.75) is 0 Å². The molecular formula is C47H30N4. The predicted molar refractivity (Wildman–Crippen MR) is 211 cm³/mol. The van der Waals surface area contributed by atoms with Gasteiger partial charge in [-0.3, -0.25) is 0 Å². The summed E-state index contributed by atoms with van der Waals surface area (Å²) in [5.74, 6) is 1.94. The van der Waals surface area contributed by atoms with E-state index in [1.807, 2.05) is 66.7 Å². The number of nitrogens with zero attached hydrogens (tertiary/aromatic N) is 4. The van der Waals surface area contributed by atoms with E-state index in [4.69, 9.17) is 15.0 Å². The van der Waals surface area contributed by atoms with Gasteiger partial charge in [-0.05, 0) is 69.1 Å². The van der Waals surface area contributed by atoms with Crippen molar-refractivity contribution in [3.63, 3.8) is 0 Å². The van der Waals surface area contributed by atoms with E-state index in [1.165, 1.54) is 43.4 Å². The van der Waals surface area contributed by atoms with Crippen LogP contribution in [0, 0.1) is 0 Å². The molecule has 2 aromatic heterocycles. The molecule has 8 aromatic carbocycles. The molecule has 0 atom stereocenters. The summed E-state index contributed by atoms with van der Waals surface area (Å²) in [4.78, 5) is 15.0. The van der Waals surface area contributed by atoms with Gasteiger partial charge in [-0.15, -0.1) is 0 Å². The van der Waals surface area contributed by atoms with Gasteiger partial charge in [-0.2, -0.15) is 0 Å². The SMILES string of the molecule is c1ccc(-c2nc(-c3ccccc3)nc(-c3ccccc3-c3ccc(-n4c5cc6ccccc6cc5c5cc6ccccc6cc54)cc3)n2)cc1. The van der Waals surface area contributed by atoms with Gasteiger partial charge in [0.1, 0.15) is 0 Å². The first-order valence-electron chi connectivity index (χ1n) is 17.2. The van der Waals surface area contributed by atoms with Crippen molar-refractivity contribution in [2.75, 3.05) is 0 Å². The standard InChI is InChI=1S/C47H30N4/c1-3-13-32(14-4-1)45-48-46(33-15-5-2-6-16-33)50-47(49-45)40-22-12-11-21-39(40)31-23-25-38(26-24-31)51-43-29-36-19-9-7-17-34(36)27-41(43)42-28-35-18-8-10-20-37(35)30-44(42)51/h1-30H. The molecular weight excluding hydrogens is 621 g/mol. The fraction of sp³-hybridized carbons (Fsp3) is 0. The van der Waals surface area contributed by atoms with Crippen molar-refractivity contribution in [3.8, 4) is 51.0 Å². The Labute approximate surface area is 295 Å². The number of hydrogen-bond donors (Lipinski definition) is 0. The van der Waals surface area contributed by atoms with Crippen molar-refractivity contribution >= 4 is 43.4 Å². The van der Waals surface area contributed by atoms with E-state index in [9.17, 15) is 0 Å². The molecule has 4 nitrogen and oxygen atoms in total. The fourth-order valence-electron chi connectivity index (χ4n) is 7.31. The van der Waals surface area contributed by atoms with E-state index in [-0.39, 0.29) is 0 Å². The van der Waals surface area contributed by atoms with Crippen LogP contribution in [0.3, 0.4) is 0 Å². The first-order chi connectivity index (χ1) is 25.3. The van der Waals surface area contributed by atoms with Crippen LogP contribution >= 0.6 is 0 Å². The summed E-state index contributed by atoms with van der Waals surface area (Å²) >= 11 is 0. The van der Waals surface area contributed by atoms with Crippen LogP contribution in [-0.2, 0) is 0 Å². The minimum Gasteiger partial charge on any atom is -0.309 e. The van der Waals surface area contributed by atoms with Gasteiger partial charge in [0.2, 0.25) is 0 Å². The van der Waals surface area contributed by atoms with Gasteiger partial charge in [0.15, 0.2) is 17.5 Å². The smallest absolute Gasteiger partial charge is 0.164 e. The Morgan fingerprint density at radius 3 is 1.24 bits per heavy atom. The Hall–Kier alpha value is -6.91. The molecule has 0 aliphatic heterocycles. The summed E-state index contributed by atoms with van der Waals surface area (Å²) in [6.07, 6.45) is 0. The maximum Gasteiger partial charge on any atom is 0.164 e. The molecule has 51 heavy (non-hydrogen) atoms. The first-order valence-corrected chi connectivity index (χ1v) is 17.2. The van der Waals surface area contributed by atoms with Gasteiger partial charge in [-0.25, -0.2) is 15.0 Å². The van der Waals surface area contributed by atoms with Crippen LogP contribution in [0.5, 0.6) is 0 Å². The zero-order chi connectivity index (χ0) is 33.7. The Bertz CT molecular complexity index is 2740. The van der Waals surface area contributed by atoms with Crippen molar-refractivity contribution < 1.29 is 0 Å². The lowest BCUT2D eigenvalue weighted by Crippen LogP contribution is -2.01. The molecule has 0 N–H and O–H groups in total. The molecule has 0 aliphatic rings. The molecule has 0 aliphatic carbocycles. The number of hydrogen-bond acceptors (Lipinski definition) is 3. The molecule has 0 fully saturated rings. The van der Waals surface area contributed by atoms with Gasteiger partial charge in [-0.1, -0.05) is 146 Å². The van der Waals surface area contributed by atoms with Crippen LogP contribution in [0.4, 0.5) is 0 Å². The second kappa shape index (κ2) is 11.9. The van der Waals surface area contributed by atoms with Gasteiger partial charge < -0.3 is 4.57 Å². The normalized spacial score (nSPS) is 11.5. The molecule has 0 unspecified atom stereocenters. The van der Waals surface area contributed by atoms with Gasteiger partial charge in [0.25, 0.3) is 0 Å². The van der Waals surface area contributed by atoms with Crippen LogP contribution < -0.4 is 0 Å². The topological polar surface area (TPSA) is 43.6 Å². The molecule has 10 rings (SSSR count). The molecule has 2 heterocycles. The van der Waals surface area contributed by atoms with Crippen LogP contribution in [0.15, 0.2) is 182 Å². The number of aromatic nitrogens is 4. The molecule has 0 radical (unpaired) electrons. The first kappa shape index (κ1) is 29.0. The molecule has 0 saturated carbocycles. The van der Waals surface area contributed by atoms with Crippen LogP contribution in [0.25, 0.3) is 94.3 Å². The maximum absolute atomic E-state index is 5.04. The summed E-state index contributed by atoms with van der Waals surface area (Å²) in [6, 6.07) is 64.1. The van der Waals surface area contributed by atoms with Crippen molar-refractivity contribution in [1.82, 2.24) is 19.5 Å². The lowest BCUT2D eigenvalue weighted by atomic mass is 9.98. The summed E-state index contributed by atoms with van der Waals surface area (Å²) in [6.45, 7) is 0.